The summed E-state index contributed by atoms with van der Waals surface area (Å²) in [5, 5.41) is 2.63. The number of H-pyrrole nitrogens is 1. The van der Waals surface area contributed by atoms with Crippen LogP contribution in [0.1, 0.15) is 17.5 Å². The van der Waals surface area contributed by atoms with Gasteiger partial charge < -0.3 is 9.73 Å². The van der Waals surface area contributed by atoms with E-state index in [2.05, 4.69) is 14.7 Å². The highest BCUT2D eigenvalue weighted by Gasteiger charge is 2.11. The van der Waals surface area contributed by atoms with Crippen molar-refractivity contribution in [3.05, 3.63) is 16.3 Å². The van der Waals surface area contributed by atoms with E-state index in [-0.39, 0.29) is 11.5 Å². The fourth-order valence-corrected chi connectivity index (χ4v) is 0.752. The van der Waals surface area contributed by atoms with E-state index in [1.807, 2.05) is 0 Å². The number of rotatable bonds is 2. The topological polar surface area (TPSA) is 75.1 Å². The largest absolute Gasteiger partial charge is 0.418 e. The minimum absolute atomic E-state index is 0.0394. The van der Waals surface area contributed by atoms with E-state index >= 15 is 0 Å². The van der Waals surface area contributed by atoms with Crippen molar-refractivity contribution in [2.24, 2.45) is 0 Å². The average Bonchev–Trinajstić information content (AvgIpc) is 2.30. The second-order valence-electron chi connectivity index (χ2n) is 2.02. The molecular weight excluding hydrogens is 148 g/mol. The molecule has 1 aromatic rings. The maximum absolute atomic E-state index is 10.7. The van der Waals surface area contributed by atoms with Gasteiger partial charge in [-0.15, -0.1) is 0 Å². The molecule has 0 aliphatic rings. The zero-order valence-electron chi connectivity index (χ0n) is 6.22. The second kappa shape index (κ2) is 2.61. The molecule has 0 aliphatic heterocycles. The normalized spacial score (nSPS) is 9.64. The summed E-state index contributed by atoms with van der Waals surface area (Å²) in [5.41, 5.74) is 0. The molecule has 5 nitrogen and oxygen atoms in total. The smallest absolute Gasteiger partial charge is 0.402 e. The number of aromatic nitrogens is 1. The first kappa shape index (κ1) is 7.59. The van der Waals surface area contributed by atoms with Gasteiger partial charge in [-0.1, -0.05) is 0 Å². The zero-order chi connectivity index (χ0) is 8.43. The Labute approximate surface area is 62.4 Å². The number of carbonyl (C=O) groups excluding carboxylic acids is 1. The Kier molecular flexibility index (Phi) is 1.80. The number of Topliss-reactive ketones (excluding diaryl/α,β-unsaturated/α-hetero) is 1. The standard InChI is InChI=1S/C6H8N2O3/c1-3(9)4-5(7-2)8-6(10)11-4/h7H,1-2H3,(H,8,10). The quantitative estimate of drug-likeness (QED) is 0.600. The number of carbonyl (C=O) groups is 1. The van der Waals surface area contributed by atoms with Crippen molar-refractivity contribution in [1.82, 2.24) is 4.98 Å². The van der Waals surface area contributed by atoms with Gasteiger partial charge in [-0.05, 0) is 0 Å². The van der Waals surface area contributed by atoms with E-state index in [9.17, 15) is 9.59 Å². The molecule has 0 amide bonds. The van der Waals surface area contributed by atoms with Crippen LogP contribution in [0.4, 0.5) is 5.82 Å². The van der Waals surface area contributed by atoms with Crippen LogP contribution in [0.2, 0.25) is 0 Å². The summed E-state index contributed by atoms with van der Waals surface area (Å²) in [5.74, 6) is -0.549. The molecule has 1 heterocycles. The van der Waals surface area contributed by atoms with E-state index in [4.69, 9.17) is 0 Å². The van der Waals surface area contributed by atoms with Crippen LogP contribution in [0.25, 0.3) is 0 Å². The third kappa shape index (κ3) is 1.31. The molecule has 1 aromatic heterocycles. The Morgan fingerprint density at radius 1 is 1.64 bits per heavy atom. The summed E-state index contributed by atoms with van der Waals surface area (Å²) in [4.78, 5) is 23.6. The highest BCUT2D eigenvalue weighted by molar-refractivity contribution is 5.95. The Balaban J connectivity index is 3.23. The zero-order valence-corrected chi connectivity index (χ0v) is 6.22. The Bertz CT molecular complexity index is 323. The van der Waals surface area contributed by atoms with Gasteiger partial charge in [-0.2, -0.15) is 0 Å². The van der Waals surface area contributed by atoms with Crippen LogP contribution in [-0.4, -0.2) is 17.8 Å². The van der Waals surface area contributed by atoms with Crippen LogP contribution < -0.4 is 11.1 Å². The number of hydrogen-bond acceptors (Lipinski definition) is 4. The van der Waals surface area contributed by atoms with Crippen LogP contribution in [0.15, 0.2) is 9.21 Å². The summed E-state index contributed by atoms with van der Waals surface area (Å²) >= 11 is 0. The molecule has 0 aromatic carbocycles. The minimum Gasteiger partial charge on any atom is -0.402 e. The molecule has 0 unspecified atom stereocenters. The van der Waals surface area contributed by atoms with Gasteiger partial charge in [0, 0.05) is 14.0 Å². The van der Waals surface area contributed by atoms with Gasteiger partial charge >= 0.3 is 5.76 Å². The minimum atomic E-state index is -0.625. The van der Waals surface area contributed by atoms with Gasteiger partial charge in [0.1, 0.15) is 0 Å². The van der Waals surface area contributed by atoms with E-state index in [0.29, 0.717) is 5.82 Å². The van der Waals surface area contributed by atoms with Gasteiger partial charge in [0.15, 0.2) is 11.6 Å². The number of ketones is 1. The number of nitrogens with one attached hydrogen (secondary N) is 2. The Morgan fingerprint density at radius 2 is 2.27 bits per heavy atom. The first-order valence-corrected chi connectivity index (χ1v) is 3.07. The molecule has 0 bridgehead atoms. The van der Waals surface area contributed by atoms with Gasteiger partial charge in [-0.25, -0.2) is 4.79 Å². The van der Waals surface area contributed by atoms with E-state index in [0.717, 1.165) is 0 Å². The number of oxazole rings is 1. The molecule has 0 radical (unpaired) electrons. The number of hydrogen-bond donors (Lipinski definition) is 2. The third-order valence-electron chi connectivity index (χ3n) is 1.22. The van der Waals surface area contributed by atoms with Crippen molar-refractivity contribution in [2.75, 3.05) is 12.4 Å². The maximum atomic E-state index is 10.7. The van der Waals surface area contributed by atoms with Crippen molar-refractivity contribution in [2.45, 2.75) is 6.92 Å². The van der Waals surface area contributed by atoms with Crippen molar-refractivity contribution in [3.8, 4) is 0 Å². The van der Waals surface area contributed by atoms with Crippen molar-refractivity contribution in [3.63, 3.8) is 0 Å². The van der Waals surface area contributed by atoms with E-state index in [1.54, 1.807) is 7.05 Å². The van der Waals surface area contributed by atoms with Crippen LogP contribution in [0.3, 0.4) is 0 Å². The Hall–Kier alpha value is -1.52. The fourth-order valence-electron chi connectivity index (χ4n) is 0.752. The van der Waals surface area contributed by atoms with Gasteiger partial charge in [-0.3, -0.25) is 9.78 Å². The van der Waals surface area contributed by atoms with E-state index < -0.39 is 5.76 Å². The molecule has 0 spiro atoms. The second-order valence-corrected chi connectivity index (χ2v) is 2.02. The summed E-state index contributed by atoms with van der Waals surface area (Å²) in [6.07, 6.45) is 0. The predicted molar refractivity (Wildman–Crippen MR) is 38.9 cm³/mol. The van der Waals surface area contributed by atoms with Crippen LogP contribution in [0.5, 0.6) is 0 Å². The molecule has 0 aliphatic carbocycles. The summed E-state index contributed by atoms with van der Waals surface area (Å²) < 4.78 is 4.54. The van der Waals surface area contributed by atoms with Gasteiger partial charge in [0.25, 0.3) is 0 Å². The van der Waals surface area contributed by atoms with Crippen molar-refractivity contribution < 1.29 is 9.21 Å². The molecule has 11 heavy (non-hydrogen) atoms. The van der Waals surface area contributed by atoms with Gasteiger partial charge in [0.05, 0.1) is 0 Å². The lowest BCUT2D eigenvalue weighted by molar-refractivity contribution is 0.0986. The molecule has 2 N–H and O–H groups in total. The summed E-state index contributed by atoms with van der Waals surface area (Å²) in [6.45, 7) is 1.33. The first-order valence-electron chi connectivity index (χ1n) is 3.07. The molecule has 5 heteroatoms. The summed E-state index contributed by atoms with van der Waals surface area (Å²) in [7, 11) is 1.59. The lowest BCUT2D eigenvalue weighted by Crippen LogP contribution is -1.98. The molecule has 0 saturated carbocycles. The van der Waals surface area contributed by atoms with E-state index in [1.165, 1.54) is 6.92 Å². The highest BCUT2D eigenvalue weighted by atomic mass is 16.4. The average molecular weight is 156 g/mol. The fraction of sp³-hybridized carbons (Fsp3) is 0.333. The van der Waals surface area contributed by atoms with Crippen LogP contribution in [0, 0.1) is 0 Å². The van der Waals surface area contributed by atoms with Crippen molar-refractivity contribution in [1.29, 1.82) is 0 Å². The molecular formula is C6H8N2O3. The lowest BCUT2D eigenvalue weighted by Gasteiger charge is -1.92. The molecule has 0 saturated heterocycles. The summed E-state index contributed by atoms with van der Waals surface area (Å²) in [6, 6.07) is 0. The van der Waals surface area contributed by atoms with Gasteiger partial charge in [0.2, 0.25) is 5.76 Å². The highest BCUT2D eigenvalue weighted by Crippen LogP contribution is 2.08. The lowest BCUT2D eigenvalue weighted by atomic mass is 10.3. The monoisotopic (exact) mass is 156 g/mol. The molecule has 60 valence electrons. The third-order valence-corrected chi connectivity index (χ3v) is 1.22. The SMILES string of the molecule is CNc1[nH]c(=O)oc1C(C)=O. The Morgan fingerprint density at radius 3 is 2.64 bits per heavy atom. The first-order chi connectivity index (χ1) is 5.15. The van der Waals surface area contributed by atoms with Crippen LogP contribution >= 0.6 is 0 Å². The van der Waals surface area contributed by atoms with Crippen molar-refractivity contribution >= 4 is 11.6 Å². The number of aromatic amines is 1. The predicted octanol–water partition coefficient (Wildman–Crippen LogP) is 0.212. The molecule has 1 rings (SSSR count). The number of anilines is 1. The molecule has 0 atom stereocenters. The molecule has 0 fully saturated rings. The maximum Gasteiger partial charge on any atom is 0.418 e. The van der Waals surface area contributed by atoms with Crippen LogP contribution in [-0.2, 0) is 0 Å².